The first-order chi connectivity index (χ1) is 4.04. The molecule has 2 unspecified atom stereocenters. The van der Waals surface area contributed by atoms with Crippen molar-refractivity contribution in [1.29, 1.82) is 0 Å². The fraction of sp³-hybridized carbons (Fsp3) is 1.00. The monoisotopic (exact) mass is 129 g/mol. The molecule has 0 amide bonds. The Morgan fingerprint density at radius 1 is 1.44 bits per heavy atom. The number of hydrogen-bond donors (Lipinski definition) is 0. The van der Waals surface area contributed by atoms with E-state index in [1.165, 1.54) is 0 Å². The van der Waals surface area contributed by atoms with Gasteiger partial charge in [-0.3, -0.25) is 0 Å². The second-order valence-electron chi connectivity index (χ2n) is 2.98. The molecule has 0 aromatic rings. The van der Waals surface area contributed by atoms with Gasteiger partial charge in [0.2, 0.25) is 0 Å². The molecular weight excluding hydrogens is 112 g/mol. The average Bonchev–Trinajstić information content (AvgIpc) is 1.86. The second-order valence-corrected chi connectivity index (χ2v) is 2.98. The maximum Gasteiger partial charge on any atom is 0.103 e. The molecule has 0 aliphatic rings. The molecule has 0 aromatic heterocycles. The van der Waals surface area contributed by atoms with E-state index < -0.39 is 5.60 Å². The molecule has 0 aliphatic heterocycles. The van der Waals surface area contributed by atoms with Crippen molar-refractivity contribution in [2.24, 2.45) is 5.92 Å². The molecule has 0 aromatic carbocycles. The normalized spacial score (nSPS) is 21.0. The highest BCUT2D eigenvalue weighted by atomic mass is 16.3. The summed E-state index contributed by atoms with van der Waals surface area (Å²) in [6.07, 6.45) is 1.73. The van der Waals surface area contributed by atoms with Gasteiger partial charge in [-0.05, 0) is 19.3 Å². The summed E-state index contributed by atoms with van der Waals surface area (Å²) in [5.74, 6) is 0.308. The van der Waals surface area contributed by atoms with Crippen molar-refractivity contribution in [3.63, 3.8) is 0 Å². The van der Waals surface area contributed by atoms with Gasteiger partial charge in [0.25, 0.3) is 0 Å². The smallest absolute Gasteiger partial charge is 0.103 e. The summed E-state index contributed by atoms with van der Waals surface area (Å²) in [5, 5.41) is 11.4. The van der Waals surface area contributed by atoms with Crippen molar-refractivity contribution in [1.82, 2.24) is 0 Å². The highest BCUT2D eigenvalue weighted by molar-refractivity contribution is 4.75. The van der Waals surface area contributed by atoms with E-state index in [1.807, 2.05) is 13.8 Å². The van der Waals surface area contributed by atoms with Gasteiger partial charge in [0.1, 0.15) is 5.60 Å². The van der Waals surface area contributed by atoms with Gasteiger partial charge in [0.05, 0.1) is 0 Å². The van der Waals surface area contributed by atoms with E-state index in [-0.39, 0.29) is 0 Å². The zero-order chi connectivity index (χ0) is 7.49. The van der Waals surface area contributed by atoms with E-state index >= 15 is 0 Å². The van der Waals surface area contributed by atoms with E-state index in [9.17, 15) is 5.11 Å². The van der Waals surface area contributed by atoms with Gasteiger partial charge in [0.15, 0.2) is 0 Å². The standard InChI is InChI=1S/C8H17O/c1-5-7(3)8(4,9)6-2/h7H,5-6H2,1-4H3. The van der Waals surface area contributed by atoms with Crippen LogP contribution in [0.25, 0.3) is 0 Å². The van der Waals surface area contributed by atoms with Crippen LogP contribution in [0.2, 0.25) is 0 Å². The first-order valence-electron chi connectivity index (χ1n) is 3.75. The molecule has 2 atom stereocenters. The molecule has 0 aliphatic carbocycles. The topological polar surface area (TPSA) is 19.9 Å². The molecule has 1 radical (unpaired) electrons. The first kappa shape index (κ1) is 8.96. The molecule has 0 spiro atoms. The van der Waals surface area contributed by atoms with Crippen LogP contribution >= 0.6 is 0 Å². The minimum atomic E-state index is -0.700. The number of hydrogen-bond acceptors (Lipinski definition) is 0. The lowest BCUT2D eigenvalue weighted by Gasteiger charge is -2.24. The zero-order valence-electron chi connectivity index (χ0n) is 6.90. The molecule has 1 heteroatoms. The van der Waals surface area contributed by atoms with Gasteiger partial charge in [-0.15, -0.1) is 0 Å². The molecule has 1 nitrogen and oxygen atoms in total. The third kappa shape index (κ3) is 2.35. The molecule has 0 rings (SSSR count). The summed E-state index contributed by atoms with van der Waals surface area (Å²) < 4.78 is 0. The first-order valence-corrected chi connectivity index (χ1v) is 3.75. The summed E-state index contributed by atoms with van der Waals surface area (Å²) in [6, 6.07) is 0. The zero-order valence-corrected chi connectivity index (χ0v) is 6.90. The van der Waals surface area contributed by atoms with E-state index in [4.69, 9.17) is 0 Å². The van der Waals surface area contributed by atoms with Crippen molar-refractivity contribution in [2.75, 3.05) is 0 Å². The minimum absolute atomic E-state index is 0.308. The molecule has 0 bridgehead atoms. The Balaban J connectivity index is 3.80. The maximum absolute atomic E-state index is 11.4. The third-order valence-electron chi connectivity index (χ3n) is 2.36. The van der Waals surface area contributed by atoms with Crippen LogP contribution in [0.1, 0.15) is 40.5 Å². The highest BCUT2D eigenvalue weighted by Crippen LogP contribution is 2.23. The van der Waals surface area contributed by atoms with E-state index in [0.717, 1.165) is 12.8 Å². The Labute approximate surface area is 58.1 Å². The summed E-state index contributed by atoms with van der Waals surface area (Å²) >= 11 is 0. The summed E-state index contributed by atoms with van der Waals surface area (Å²) in [4.78, 5) is 0. The van der Waals surface area contributed by atoms with Crippen molar-refractivity contribution in [3.05, 3.63) is 0 Å². The Hall–Kier alpha value is -0.0400. The van der Waals surface area contributed by atoms with Crippen molar-refractivity contribution >= 4 is 0 Å². The van der Waals surface area contributed by atoms with Crippen molar-refractivity contribution in [3.8, 4) is 0 Å². The van der Waals surface area contributed by atoms with Crippen LogP contribution in [-0.4, -0.2) is 5.60 Å². The molecule has 0 saturated carbocycles. The van der Waals surface area contributed by atoms with E-state index in [2.05, 4.69) is 6.92 Å². The summed E-state index contributed by atoms with van der Waals surface area (Å²) in [5.41, 5.74) is -0.700. The molecule has 0 N–H and O–H groups in total. The quantitative estimate of drug-likeness (QED) is 0.558. The highest BCUT2D eigenvalue weighted by Gasteiger charge is 2.26. The molecule has 0 fully saturated rings. The summed E-state index contributed by atoms with van der Waals surface area (Å²) in [7, 11) is 0. The van der Waals surface area contributed by atoms with Crippen LogP contribution in [0.3, 0.4) is 0 Å². The number of rotatable bonds is 3. The SMILES string of the molecule is CCC(C)C(C)([O])CC. The lowest BCUT2D eigenvalue weighted by Crippen LogP contribution is -2.29. The van der Waals surface area contributed by atoms with Crippen LogP contribution in [-0.2, 0) is 5.11 Å². The Kier molecular flexibility index (Phi) is 3.20. The predicted octanol–water partition coefficient (Wildman–Crippen LogP) is 2.63. The predicted molar refractivity (Wildman–Crippen MR) is 38.8 cm³/mol. The van der Waals surface area contributed by atoms with Crippen LogP contribution in [0.4, 0.5) is 0 Å². The molecule has 55 valence electrons. The van der Waals surface area contributed by atoms with E-state index in [1.54, 1.807) is 6.92 Å². The van der Waals surface area contributed by atoms with E-state index in [0.29, 0.717) is 5.92 Å². The second kappa shape index (κ2) is 3.21. The van der Waals surface area contributed by atoms with Gasteiger partial charge in [-0.1, -0.05) is 27.2 Å². The van der Waals surface area contributed by atoms with Crippen LogP contribution in [0.15, 0.2) is 0 Å². The largest absolute Gasteiger partial charge is 0.230 e. The molecule has 0 saturated heterocycles. The van der Waals surface area contributed by atoms with Crippen molar-refractivity contribution in [2.45, 2.75) is 46.1 Å². The molecular formula is C8H17O. The lowest BCUT2D eigenvalue weighted by atomic mass is 9.87. The summed E-state index contributed by atoms with van der Waals surface area (Å²) in [6.45, 7) is 7.84. The van der Waals surface area contributed by atoms with Gasteiger partial charge >= 0.3 is 0 Å². The Morgan fingerprint density at radius 3 is 2.00 bits per heavy atom. The Bertz CT molecular complexity index is 76.6. The van der Waals surface area contributed by atoms with Gasteiger partial charge in [-0.2, -0.15) is 0 Å². The van der Waals surface area contributed by atoms with Crippen molar-refractivity contribution < 1.29 is 5.11 Å². The molecule has 9 heavy (non-hydrogen) atoms. The maximum atomic E-state index is 11.4. The average molecular weight is 129 g/mol. The minimum Gasteiger partial charge on any atom is -0.230 e. The Morgan fingerprint density at radius 2 is 1.89 bits per heavy atom. The third-order valence-corrected chi connectivity index (χ3v) is 2.36. The van der Waals surface area contributed by atoms with Gasteiger partial charge in [0, 0.05) is 0 Å². The van der Waals surface area contributed by atoms with Crippen LogP contribution in [0.5, 0.6) is 0 Å². The van der Waals surface area contributed by atoms with Crippen LogP contribution < -0.4 is 0 Å². The molecule has 0 heterocycles. The lowest BCUT2D eigenvalue weighted by molar-refractivity contribution is -0.0610. The van der Waals surface area contributed by atoms with Gasteiger partial charge < -0.3 is 0 Å². The van der Waals surface area contributed by atoms with Gasteiger partial charge in [-0.25, -0.2) is 5.11 Å². The van der Waals surface area contributed by atoms with Crippen LogP contribution in [0, 0.1) is 5.92 Å². The fourth-order valence-electron chi connectivity index (χ4n) is 0.780. The fourth-order valence-corrected chi connectivity index (χ4v) is 0.780.